The number of carbonyl (C=O) groups excluding carboxylic acids is 1. The maximum Gasteiger partial charge on any atom is 0.270 e. The van der Waals surface area contributed by atoms with E-state index in [0.29, 0.717) is 17.0 Å². The molecule has 0 aliphatic heterocycles. The van der Waals surface area contributed by atoms with Gasteiger partial charge in [0.15, 0.2) is 11.6 Å². The lowest BCUT2D eigenvalue weighted by Crippen LogP contribution is -2.29. The van der Waals surface area contributed by atoms with E-state index in [1.165, 1.54) is 53.1 Å². The van der Waals surface area contributed by atoms with Gasteiger partial charge in [-0.3, -0.25) is 14.7 Å². The molecule has 224 valence electrons. The fourth-order valence-electron chi connectivity index (χ4n) is 5.25. The second-order valence-corrected chi connectivity index (χ2v) is 10.6. The molecule has 0 aliphatic rings. The van der Waals surface area contributed by atoms with Crippen LogP contribution in [0, 0.1) is 11.6 Å². The highest BCUT2D eigenvalue weighted by Gasteiger charge is 2.21. The van der Waals surface area contributed by atoms with Crippen LogP contribution in [0.25, 0.3) is 33.1 Å². The van der Waals surface area contributed by atoms with E-state index in [-0.39, 0.29) is 29.0 Å². The topological polar surface area (TPSA) is 116 Å². The van der Waals surface area contributed by atoms with Crippen LogP contribution in [-0.2, 0) is 0 Å². The van der Waals surface area contributed by atoms with Gasteiger partial charge in [0.2, 0.25) is 5.88 Å². The molecule has 0 unspecified atom stereocenters. The van der Waals surface area contributed by atoms with Crippen molar-refractivity contribution in [3.8, 4) is 34.2 Å². The quantitative estimate of drug-likeness (QED) is 0.202. The van der Waals surface area contributed by atoms with Gasteiger partial charge in [-0.2, -0.15) is 10.2 Å². The van der Waals surface area contributed by atoms with Gasteiger partial charge in [-0.25, -0.2) is 17.9 Å². The van der Waals surface area contributed by atoms with Gasteiger partial charge in [0.25, 0.3) is 11.5 Å². The molecule has 3 aromatic carbocycles. The van der Waals surface area contributed by atoms with E-state index >= 15 is 4.39 Å². The number of nitrogens with zero attached hydrogens (tertiary/aromatic N) is 4. The first kappa shape index (κ1) is 27.8. The van der Waals surface area contributed by atoms with Crippen molar-refractivity contribution in [2.24, 2.45) is 0 Å². The number of nitrogens with one attached hydrogen (secondary N) is 2. The predicted molar refractivity (Wildman–Crippen MR) is 164 cm³/mol. The van der Waals surface area contributed by atoms with Crippen LogP contribution >= 0.6 is 0 Å². The molecule has 2 N–H and O–H groups in total. The van der Waals surface area contributed by atoms with Gasteiger partial charge in [0.1, 0.15) is 17.1 Å². The minimum Gasteiger partial charge on any atom is -0.476 e. The first-order valence-corrected chi connectivity index (χ1v) is 14.0. The van der Waals surface area contributed by atoms with Crippen LogP contribution in [0.3, 0.4) is 0 Å². The number of carbonyl (C=O) groups is 1. The van der Waals surface area contributed by atoms with E-state index in [1.54, 1.807) is 43.0 Å². The van der Waals surface area contributed by atoms with Crippen molar-refractivity contribution in [1.29, 1.82) is 0 Å². The molecule has 12 heteroatoms. The van der Waals surface area contributed by atoms with Crippen LogP contribution in [0.5, 0.6) is 17.4 Å². The molecule has 0 saturated carbocycles. The third-order valence-corrected chi connectivity index (χ3v) is 7.19. The van der Waals surface area contributed by atoms with Crippen LogP contribution in [0.1, 0.15) is 24.2 Å². The Kier molecular flexibility index (Phi) is 6.73. The molecule has 7 aromatic rings. The maximum atomic E-state index is 15.4. The van der Waals surface area contributed by atoms with E-state index in [9.17, 15) is 14.0 Å². The minimum atomic E-state index is -0.764. The minimum absolute atomic E-state index is 0.0764. The summed E-state index contributed by atoms with van der Waals surface area (Å²) in [7, 11) is 0. The van der Waals surface area contributed by atoms with Crippen LogP contribution in [0.15, 0.2) is 96.3 Å². The molecule has 45 heavy (non-hydrogen) atoms. The number of aromatic nitrogens is 5. The van der Waals surface area contributed by atoms with Gasteiger partial charge in [0.05, 0.1) is 29.7 Å². The fraction of sp³-hybridized carbons (Fsp3) is 0.0909. The molecule has 10 nitrogen and oxygen atoms in total. The summed E-state index contributed by atoms with van der Waals surface area (Å²) in [6.45, 7) is 3.58. The Morgan fingerprint density at radius 3 is 2.53 bits per heavy atom. The first-order chi connectivity index (χ1) is 21.8. The van der Waals surface area contributed by atoms with Crippen molar-refractivity contribution in [2.45, 2.75) is 20.0 Å². The molecule has 4 heterocycles. The zero-order valence-electron chi connectivity index (χ0n) is 23.9. The number of rotatable bonds is 8. The number of hydrogen-bond donors (Lipinski definition) is 2. The van der Waals surface area contributed by atoms with E-state index < -0.39 is 23.1 Å². The second kappa shape index (κ2) is 10.9. The number of hydrogen-bond acceptors (Lipinski definition) is 6. The summed E-state index contributed by atoms with van der Waals surface area (Å²) in [6, 6.07) is 15.7. The number of halogens is 2. The standard InChI is InChI=1S/C33H24F2N6O4/c1-18(2)44-29-10-8-25(33(43)41(29)23-6-3-21(34)4-7-23)32(42)39-22-5-9-27(26(35)14-22)45-28-13-19-17-38-40-12-11-24(31(19)40)30(28)20-15-36-37-16-20/h3-18H,1-2H3,(H,36,37)(H,39,42). The number of aromatic amines is 1. The molecule has 7 rings (SSSR count). The number of H-pyrrole nitrogens is 1. The molecule has 0 bridgehead atoms. The molecular weight excluding hydrogens is 582 g/mol. The highest BCUT2D eigenvalue weighted by Crippen LogP contribution is 2.42. The average Bonchev–Trinajstić information content (AvgIpc) is 3.77. The lowest BCUT2D eigenvalue weighted by atomic mass is 10.0. The van der Waals surface area contributed by atoms with E-state index in [0.717, 1.165) is 27.9 Å². The second-order valence-electron chi connectivity index (χ2n) is 10.6. The normalized spacial score (nSPS) is 11.5. The first-order valence-electron chi connectivity index (χ1n) is 14.0. The van der Waals surface area contributed by atoms with Crippen molar-refractivity contribution < 1.29 is 23.0 Å². The van der Waals surface area contributed by atoms with Crippen LogP contribution in [0.4, 0.5) is 14.5 Å². The highest BCUT2D eigenvalue weighted by atomic mass is 19.1. The van der Waals surface area contributed by atoms with Crippen LogP contribution in [-0.4, -0.2) is 36.4 Å². The van der Waals surface area contributed by atoms with Gasteiger partial charge in [-0.05, 0) is 74.5 Å². The van der Waals surface area contributed by atoms with Crippen molar-refractivity contribution in [3.05, 3.63) is 119 Å². The number of pyridine rings is 1. The molecule has 4 aromatic heterocycles. The number of amides is 1. The zero-order chi connectivity index (χ0) is 31.2. The molecule has 0 fully saturated rings. The van der Waals surface area contributed by atoms with Crippen molar-refractivity contribution in [1.82, 2.24) is 24.4 Å². The average molecular weight is 607 g/mol. The van der Waals surface area contributed by atoms with Crippen molar-refractivity contribution in [2.75, 3.05) is 5.32 Å². The molecule has 0 saturated heterocycles. The third-order valence-electron chi connectivity index (χ3n) is 7.19. The van der Waals surface area contributed by atoms with Gasteiger partial charge in [-0.15, -0.1) is 0 Å². The molecule has 0 atom stereocenters. The van der Waals surface area contributed by atoms with Gasteiger partial charge >= 0.3 is 0 Å². The summed E-state index contributed by atoms with van der Waals surface area (Å²) in [5.74, 6) is -1.48. The predicted octanol–water partition coefficient (Wildman–Crippen LogP) is 6.58. The third kappa shape index (κ3) is 5.01. The van der Waals surface area contributed by atoms with Gasteiger partial charge in [0, 0.05) is 46.0 Å². The number of ether oxygens (including phenoxy) is 2. The SMILES string of the molecule is CC(C)Oc1ccc(C(=O)Nc2ccc(Oc3cc4cnn5ccc(c3-c3cn[nH]c3)c45)c(F)c2)c(=O)n1-c1ccc(F)cc1. The fourth-order valence-corrected chi connectivity index (χ4v) is 5.25. The summed E-state index contributed by atoms with van der Waals surface area (Å²) in [6.07, 6.45) is 6.64. The molecule has 0 spiro atoms. The molecule has 0 aliphatic carbocycles. The molecular formula is C33H24F2N6O4. The largest absolute Gasteiger partial charge is 0.476 e. The van der Waals surface area contributed by atoms with Gasteiger partial charge < -0.3 is 14.8 Å². The lowest BCUT2D eigenvalue weighted by Gasteiger charge is -2.17. The van der Waals surface area contributed by atoms with Crippen LogP contribution in [0.2, 0.25) is 0 Å². The molecule has 1 amide bonds. The lowest BCUT2D eigenvalue weighted by molar-refractivity contribution is 0.102. The highest BCUT2D eigenvalue weighted by molar-refractivity contribution is 6.07. The zero-order valence-corrected chi connectivity index (χ0v) is 23.9. The van der Waals surface area contributed by atoms with Crippen molar-refractivity contribution in [3.63, 3.8) is 0 Å². The number of benzene rings is 3. The Labute approximate surface area is 253 Å². The Morgan fingerprint density at radius 1 is 0.978 bits per heavy atom. The van der Waals surface area contributed by atoms with E-state index in [1.807, 2.05) is 12.3 Å². The Morgan fingerprint density at radius 2 is 1.80 bits per heavy atom. The van der Waals surface area contributed by atoms with Gasteiger partial charge in [-0.1, -0.05) is 0 Å². The summed E-state index contributed by atoms with van der Waals surface area (Å²) in [5.41, 5.74) is 1.88. The Bertz CT molecular complexity index is 2240. The van der Waals surface area contributed by atoms with E-state index in [4.69, 9.17) is 9.47 Å². The summed E-state index contributed by atoms with van der Waals surface area (Å²) in [4.78, 5) is 26.7. The monoisotopic (exact) mass is 606 g/mol. The Hall–Kier alpha value is -6.04. The van der Waals surface area contributed by atoms with E-state index in [2.05, 4.69) is 20.6 Å². The van der Waals surface area contributed by atoms with Crippen molar-refractivity contribution >= 4 is 27.9 Å². The summed E-state index contributed by atoms with van der Waals surface area (Å²) in [5, 5.41) is 15.5. The maximum absolute atomic E-state index is 15.4. The Balaban J connectivity index is 1.19. The molecule has 0 radical (unpaired) electrons. The summed E-state index contributed by atoms with van der Waals surface area (Å²) < 4.78 is 43.8. The smallest absolute Gasteiger partial charge is 0.270 e. The summed E-state index contributed by atoms with van der Waals surface area (Å²) >= 11 is 0. The van der Waals surface area contributed by atoms with Crippen LogP contribution < -0.4 is 20.3 Å². The number of anilines is 1.